The maximum absolute atomic E-state index is 12.4. The number of halogens is 1. The summed E-state index contributed by atoms with van der Waals surface area (Å²) in [6.07, 6.45) is 1.39. The summed E-state index contributed by atoms with van der Waals surface area (Å²) in [4.78, 5) is 12.4. The van der Waals surface area contributed by atoms with E-state index in [1.54, 1.807) is 0 Å². The van der Waals surface area contributed by atoms with Gasteiger partial charge in [-0.3, -0.25) is 9.48 Å². The molecule has 19 heavy (non-hydrogen) atoms. The SMILES string of the molecule is CCc1nn(CC)c(CC(=O)C2CSCCS2)c1Br. The van der Waals surface area contributed by atoms with Gasteiger partial charge >= 0.3 is 0 Å². The fraction of sp³-hybridized carbons (Fsp3) is 0.692. The average Bonchev–Trinajstić information content (AvgIpc) is 2.76. The molecule has 0 aromatic carbocycles. The Labute approximate surface area is 131 Å². The lowest BCUT2D eigenvalue weighted by atomic mass is 10.1. The maximum Gasteiger partial charge on any atom is 0.152 e. The second kappa shape index (κ2) is 7.18. The van der Waals surface area contributed by atoms with Gasteiger partial charge in [-0.2, -0.15) is 16.9 Å². The maximum atomic E-state index is 12.4. The molecule has 0 N–H and O–H groups in total. The first kappa shape index (κ1) is 15.4. The molecule has 1 aliphatic rings. The minimum atomic E-state index is 0.163. The zero-order valence-electron chi connectivity index (χ0n) is 11.3. The van der Waals surface area contributed by atoms with Crippen LogP contribution in [0.2, 0.25) is 0 Å². The quantitative estimate of drug-likeness (QED) is 0.805. The van der Waals surface area contributed by atoms with Gasteiger partial charge in [0.1, 0.15) is 0 Å². The molecule has 1 unspecified atom stereocenters. The van der Waals surface area contributed by atoms with Crippen LogP contribution in [0.3, 0.4) is 0 Å². The summed E-state index contributed by atoms with van der Waals surface area (Å²) in [6.45, 7) is 4.97. The van der Waals surface area contributed by atoms with E-state index in [9.17, 15) is 4.79 Å². The minimum absolute atomic E-state index is 0.163. The van der Waals surface area contributed by atoms with Crippen molar-refractivity contribution in [3.05, 3.63) is 15.9 Å². The molecule has 2 heterocycles. The van der Waals surface area contributed by atoms with Gasteiger partial charge in [-0.25, -0.2) is 0 Å². The Morgan fingerprint density at radius 2 is 2.26 bits per heavy atom. The number of rotatable bonds is 5. The lowest BCUT2D eigenvalue weighted by Gasteiger charge is -2.19. The third-order valence-electron chi connectivity index (χ3n) is 3.21. The van der Waals surface area contributed by atoms with E-state index >= 15 is 0 Å². The van der Waals surface area contributed by atoms with Gasteiger partial charge in [-0.05, 0) is 29.3 Å². The van der Waals surface area contributed by atoms with Crippen molar-refractivity contribution in [1.82, 2.24) is 9.78 Å². The van der Waals surface area contributed by atoms with Crippen LogP contribution >= 0.6 is 39.5 Å². The zero-order chi connectivity index (χ0) is 13.8. The first-order chi connectivity index (χ1) is 9.17. The van der Waals surface area contributed by atoms with Crippen molar-refractivity contribution in [3.63, 3.8) is 0 Å². The molecule has 0 aliphatic carbocycles. The highest BCUT2D eigenvalue weighted by molar-refractivity contribution is 9.10. The molecular formula is C13H19BrN2OS2. The third-order valence-corrected chi connectivity index (χ3v) is 6.93. The van der Waals surface area contributed by atoms with Crippen LogP contribution in [0.15, 0.2) is 4.47 Å². The Morgan fingerprint density at radius 3 is 2.84 bits per heavy atom. The van der Waals surface area contributed by atoms with E-state index in [0.29, 0.717) is 12.2 Å². The summed E-state index contributed by atoms with van der Waals surface area (Å²) in [5, 5.41) is 4.71. The molecular weight excluding hydrogens is 344 g/mol. The highest BCUT2D eigenvalue weighted by Crippen LogP contribution is 2.28. The molecule has 6 heteroatoms. The average molecular weight is 363 g/mol. The molecule has 3 nitrogen and oxygen atoms in total. The van der Waals surface area contributed by atoms with E-state index in [1.165, 1.54) is 5.75 Å². The number of nitrogens with zero attached hydrogens (tertiary/aromatic N) is 2. The summed E-state index contributed by atoms with van der Waals surface area (Å²) in [6, 6.07) is 0. The van der Waals surface area contributed by atoms with E-state index < -0.39 is 0 Å². The normalized spacial score (nSPS) is 19.6. The molecule has 1 aromatic heterocycles. The van der Waals surface area contributed by atoms with E-state index in [2.05, 4.69) is 34.9 Å². The van der Waals surface area contributed by atoms with Crippen molar-refractivity contribution >= 4 is 45.2 Å². The molecule has 1 saturated heterocycles. The Kier molecular flexibility index (Phi) is 5.84. The molecule has 106 valence electrons. The number of carbonyl (C=O) groups excluding carboxylic acids is 1. The van der Waals surface area contributed by atoms with Gasteiger partial charge in [-0.15, -0.1) is 11.8 Å². The second-order valence-electron chi connectivity index (χ2n) is 4.45. The standard InChI is InChI=1S/C13H19BrN2OS2/c1-3-9-13(14)10(16(4-2)15-9)7-11(17)12-8-18-5-6-19-12/h12H,3-8H2,1-2H3. The van der Waals surface area contributed by atoms with Crippen LogP contribution in [-0.4, -0.2) is 38.1 Å². The van der Waals surface area contributed by atoms with Gasteiger partial charge in [-0.1, -0.05) is 6.92 Å². The van der Waals surface area contributed by atoms with E-state index in [0.717, 1.165) is 40.3 Å². The minimum Gasteiger partial charge on any atom is -0.298 e. The predicted molar refractivity (Wildman–Crippen MR) is 87.3 cm³/mol. The predicted octanol–water partition coefficient (Wildman–Crippen LogP) is 3.19. The Morgan fingerprint density at radius 1 is 1.47 bits per heavy atom. The van der Waals surface area contributed by atoms with E-state index in [-0.39, 0.29) is 5.25 Å². The van der Waals surface area contributed by atoms with Crippen molar-refractivity contribution in [2.75, 3.05) is 17.3 Å². The molecule has 0 saturated carbocycles. The molecule has 0 amide bonds. The van der Waals surface area contributed by atoms with Crippen LogP contribution in [0, 0.1) is 0 Å². The van der Waals surface area contributed by atoms with Crippen molar-refractivity contribution < 1.29 is 4.79 Å². The molecule has 1 aliphatic heterocycles. The summed E-state index contributed by atoms with van der Waals surface area (Å²) in [7, 11) is 0. The molecule has 1 fully saturated rings. The van der Waals surface area contributed by atoms with Gasteiger partial charge in [0, 0.05) is 23.8 Å². The van der Waals surface area contributed by atoms with Crippen LogP contribution in [-0.2, 0) is 24.2 Å². The molecule has 0 radical (unpaired) electrons. The lowest BCUT2D eigenvalue weighted by Crippen LogP contribution is -2.26. The number of aryl methyl sites for hydroxylation is 2. The number of Topliss-reactive ketones (excluding diaryl/α,β-unsaturated/α-hetero) is 1. The van der Waals surface area contributed by atoms with Crippen molar-refractivity contribution in [3.8, 4) is 0 Å². The summed E-state index contributed by atoms with van der Waals surface area (Å²) < 4.78 is 2.99. The number of thioether (sulfide) groups is 2. The molecule has 1 aromatic rings. The Balaban J connectivity index is 2.13. The zero-order valence-corrected chi connectivity index (χ0v) is 14.5. The number of hydrogen-bond acceptors (Lipinski definition) is 4. The van der Waals surface area contributed by atoms with Crippen molar-refractivity contribution in [2.45, 2.75) is 38.5 Å². The van der Waals surface area contributed by atoms with Gasteiger partial charge in [0.2, 0.25) is 0 Å². The van der Waals surface area contributed by atoms with Crippen LogP contribution in [0.25, 0.3) is 0 Å². The first-order valence-corrected chi connectivity index (χ1v) is 9.63. The number of carbonyl (C=O) groups is 1. The van der Waals surface area contributed by atoms with Gasteiger partial charge in [0.05, 0.1) is 27.5 Å². The first-order valence-electron chi connectivity index (χ1n) is 6.63. The van der Waals surface area contributed by atoms with Crippen LogP contribution in [0.5, 0.6) is 0 Å². The van der Waals surface area contributed by atoms with Crippen LogP contribution in [0.4, 0.5) is 0 Å². The monoisotopic (exact) mass is 362 g/mol. The smallest absolute Gasteiger partial charge is 0.152 e. The van der Waals surface area contributed by atoms with E-state index in [4.69, 9.17) is 0 Å². The molecule has 0 bridgehead atoms. The Bertz CT molecular complexity index is 456. The number of aromatic nitrogens is 2. The number of hydrogen-bond donors (Lipinski definition) is 0. The lowest BCUT2D eigenvalue weighted by molar-refractivity contribution is -0.117. The van der Waals surface area contributed by atoms with Crippen molar-refractivity contribution in [2.24, 2.45) is 0 Å². The summed E-state index contributed by atoms with van der Waals surface area (Å²) >= 11 is 7.31. The molecule has 1 atom stereocenters. The summed E-state index contributed by atoms with van der Waals surface area (Å²) in [5.74, 6) is 3.57. The molecule has 2 rings (SSSR count). The third kappa shape index (κ3) is 3.58. The topological polar surface area (TPSA) is 34.9 Å². The second-order valence-corrected chi connectivity index (χ2v) is 7.71. The number of ketones is 1. The molecule has 0 spiro atoms. The largest absolute Gasteiger partial charge is 0.298 e. The van der Waals surface area contributed by atoms with Crippen LogP contribution < -0.4 is 0 Å². The van der Waals surface area contributed by atoms with Gasteiger partial charge in [0.15, 0.2) is 5.78 Å². The van der Waals surface area contributed by atoms with Crippen molar-refractivity contribution in [1.29, 1.82) is 0 Å². The summed E-state index contributed by atoms with van der Waals surface area (Å²) in [5.41, 5.74) is 2.09. The highest BCUT2D eigenvalue weighted by atomic mass is 79.9. The van der Waals surface area contributed by atoms with Crippen LogP contribution in [0.1, 0.15) is 25.2 Å². The van der Waals surface area contributed by atoms with Gasteiger partial charge in [0.25, 0.3) is 0 Å². The van der Waals surface area contributed by atoms with E-state index in [1.807, 2.05) is 28.2 Å². The van der Waals surface area contributed by atoms with Gasteiger partial charge < -0.3 is 0 Å². The fourth-order valence-electron chi connectivity index (χ4n) is 2.14. The Hall–Kier alpha value is 0.0600. The highest BCUT2D eigenvalue weighted by Gasteiger charge is 2.25. The fourth-order valence-corrected chi connectivity index (χ4v) is 5.49.